The zero-order valence-electron chi connectivity index (χ0n) is 12.0. The van der Waals surface area contributed by atoms with Crippen LogP contribution in [0.3, 0.4) is 0 Å². The molecule has 1 amide bonds. The molecule has 0 saturated heterocycles. The number of rotatable bonds is 6. The fraction of sp³-hybridized carbons (Fsp3) is 0.429. The number of para-hydroxylation sites is 1. The Morgan fingerprint density at radius 3 is 2.50 bits per heavy atom. The molecule has 1 rings (SSSR count). The van der Waals surface area contributed by atoms with Gasteiger partial charge >= 0.3 is 0 Å². The molecule has 4 N–H and O–H groups in total. The quantitative estimate of drug-likeness (QED) is 0.320. The molecule has 0 fully saturated rings. The summed E-state index contributed by atoms with van der Waals surface area (Å²) in [5.41, 5.74) is 5.27. The minimum Gasteiger partial charge on any atom is -0.496 e. The number of benzene rings is 1. The second-order valence-electron chi connectivity index (χ2n) is 4.43. The van der Waals surface area contributed by atoms with E-state index in [9.17, 15) is 4.79 Å². The van der Waals surface area contributed by atoms with Gasteiger partial charge in [0.2, 0.25) is 0 Å². The molecule has 0 aliphatic carbocycles. The van der Waals surface area contributed by atoms with E-state index in [-0.39, 0.29) is 11.7 Å². The predicted octanol–water partition coefficient (Wildman–Crippen LogP) is 1.73. The number of carbonyl (C=O) groups is 1. The van der Waals surface area contributed by atoms with Gasteiger partial charge in [-0.25, -0.2) is 0 Å². The number of nitrogens with two attached hydrogens (primary N) is 1. The SMILES string of the molecule is CCC(CC)(NC(=O)c1ccccc1OC)/C(N)=N/O. The Balaban J connectivity index is 3.09. The molecule has 6 nitrogen and oxygen atoms in total. The molecule has 1 aromatic rings. The second kappa shape index (κ2) is 6.79. The Hall–Kier alpha value is -2.24. The van der Waals surface area contributed by atoms with Crippen molar-refractivity contribution in [1.82, 2.24) is 5.32 Å². The van der Waals surface area contributed by atoms with Crippen molar-refractivity contribution in [3.05, 3.63) is 29.8 Å². The lowest BCUT2D eigenvalue weighted by atomic mass is 9.91. The van der Waals surface area contributed by atoms with Crippen LogP contribution in [-0.4, -0.2) is 29.6 Å². The van der Waals surface area contributed by atoms with Gasteiger partial charge < -0.3 is 21.0 Å². The molecule has 0 saturated carbocycles. The minimum absolute atomic E-state index is 0.00857. The zero-order chi connectivity index (χ0) is 15.2. The summed E-state index contributed by atoms with van der Waals surface area (Å²) in [5.74, 6) is 0.147. The van der Waals surface area contributed by atoms with E-state index in [1.54, 1.807) is 24.3 Å². The van der Waals surface area contributed by atoms with Crippen LogP contribution in [0.2, 0.25) is 0 Å². The van der Waals surface area contributed by atoms with Crippen LogP contribution in [-0.2, 0) is 0 Å². The molecule has 20 heavy (non-hydrogen) atoms. The fourth-order valence-electron chi connectivity index (χ4n) is 2.07. The van der Waals surface area contributed by atoms with E-state index >= 15 is 0 Å². The smallest absolute Gasteiger partial charge is 0.255 e. The first-order valence-corrected chi connectivity index (χ1v) is 6.48. The largest absolute Gasteiger partial charge is 0.496 e. The molecular weight excluding hydrogens is 258 g/mol. The van der Waals surface area contributed by atoms with Crippen LogP contribution in [0, 0.1) is 0 Å². The summed E-state index contributed by atoms with van der Waals surface area (Å²) in [6, 6.07) is 6.90. The molecule has 0 spiro atoms. The second-order valence-corrected chi connectivity index (χ2v) is 4.43. The number of hydrogen-bond donors (Lipinski definition) is 3. The first-order chi connectivity index (χ1) is 9.54. The van der Waals surface area contributed by atoms with E-state index in [0.717, 1.165) is 0 Å². The molecule has 0 radical (unpaired) electrons. The zero-order valence-corrected chi connectivity index (χ0v) is 12.0. The highest BCUT2D eigenvalue weighted by molar-refractivity contribution is 6.01. The maximum atomic E-state index is 12.4. The Morgan fingerprint density at radius 1 is 1.40 bits per heavy atom. The van der Waals surface area contributed by atoms with Crippen molar-refractivity contribution >= 4 is 11.7 Å². The highest BCUT2D eigenvalue weighted by atomic mass is 16.5. The minimum atomic E-state index is -0.868. The van der Waals surface area contributed by atoms with Gasteiger partial charge in [-0.3, -0.25) is 4.79 Å². The third-order valence-corrected chi connectivity index (χ3v) is 3.51. The van der Waals surface area contributed by atoms with E-state index in [4.69, 9.17) is 15.7 Å². The summed E-state index contributed by atoms with van der Waals surface area (Å²) >= 11 is 0. The molecule has 110 valence electrons. The van der Waals surface area contributed by atoms with Crippen LogP contribution in [0.25, 0.3) is 0 Å². The van der Waals surface area contributed by atoms with Gasteiger partial charge in [0.25, 0.3) is 5.91 Å². The van der Waals surface area contributed by atoms with Gasteiger partial charge in [-0.1, -0.05) is 31.1 Å². The van der Waals surface area contributed by atoms with Crippen molar-refractivity contribution in [2.75, 3.05) is 7.11 Å². The molecule has 0 aliphatic rings. The van der Waals surface area contributed by atoms with E-state index < -0.39 is 5.54 Å². The summed E-state index contributed by atoms with van der Waals surface area (Å²) in [4.78, 5) is 12.4. The monoisotopic (exact) mass is 279 g/mol. The number of oxime groups is 1. The van der Waals surface area contributed by atoms with Crippen molar-refractivity contribution in [2.45, 2.75) is 32.2 Å². The maximum Gasteiger partial charge on any atom is 0.255 e. The summed E-state index contributed by atoms with van der Waals surface area (Å²) in [6.07, 6.45) is 1.03. The van der Waals surface area contributed by atoms with Gasteiger partial charge in [-0.15, -0.1) is 0 Å². The van der Waals surface area contributed by atoms with Gasteiger partial charge in [-0.05, 0) is 25.0 Å². The number of methoxy groups -OCH3 is 1. The summed E-state index contributed by atoms with van der Waals surface area (Å²) < 4.78 is 5.16. The number of carbonyl (C=O) groups excluding carboxylic acids is 1. The number of amidine groups is 1. The van der Waals surface area contributed by atoms with Crippen LogP contribution in [0.1, 0.15) is 37.0 Å². The van der Waals surface area contributed by atoms with Gasteiger partial charge in [0.1, 0.15) is 11.3 Å². The van der Waals surface area contributed by atoms with E-state index in [0.29, 0.717) is 24.2 Å². The molecular formula is C14H21N3O3. The van der Waals surface area contributed by atoms with Crippen molar-refractivity contribution < 1.29 is 14.7 Å². The van der Waals surface area contributed by atoms with E-state index in [2.05, 4.69) is 10.5 Å². The van der Waals surface area contributed by atoms with Crippen molar-refractivity contribution in [3.8, 4) is 5.75 Å². The number of hydrogen-bond acceptors (Lipinski definition) is 4. The third-order valence-electron chi connectivity index (χ3n) is 3.51. The first kappa shape index (κ1) is 15.8. The van der Waals surface area contributed by atoms with Crippen molar-refractivity contribution in [1.29, 1.82) is 0 Å². The van der Waals surface area contributed by atoms with Crippen LogP contribution < -0.4 is 15.8 Å². The Morgan fingerprint density at radius 2 is 2.00 bits per heavy atom. The third kappa shape index (κ3) is 3.01. The topological polar surface area (TPSA) is 96.9 Å². The van der Waals surface area contributed by atoms with E-state index in [1.807, 2.05) is 13.8 Å². The lowest BCUT2D eigenvalue weighted by Gasteiger charge is -2.31. The average molecular weight is 279 g/mol. The van der Waals surface area contributed by atoms with Crippen LogP contribution in [0.5, 0.6) is 5.75 Å². The highest BCUT2D eigenvalue weighted by Gasteiger charge is 2.34. The normalized spacial score (nSPS) is 12.1. The fourth-order valence-corrected chi connectivity index (χ4v) is 2.07. The van der Waals surface area contributed by atoms with Gasteiger partial charge in [-0.2, -0.15) is 0 Å². The van der Waals surface area contributed by atoms with Crippen LogP contribution in [0.4, 0.5) is 0 Å². The summed E-state index contributed by atoms with van der Waals surface area (Å²) in [5, 5.41) is 14.8. The van der Waals surface area contributed by atoms with Crippen molar-refractivity contribution in [2.24, 2.45) is 10.9 Å². The molecule has 1 aromatic carbocycles. The molecule has 0 aromatic heterocycles. The van der Waals surface area contributed by atoms with Gasteiger partial charge in [0.05, 0.1) is 12.7 Å². The number of ether oxygens (including phenoxy) is 1. The molecule has 6 heteroatoms. The Bertz CT molecular complexity index is 496. The molecule has 0 atom stereocenters. The summed E-state index contributed by atoms with van der Waals surface area (Å²) in [6.45, 7) is 3.73. The number of nitrogens with zero attached hydrogens (tertiary/aromatic N) is 1. The Kier molecular flexibility index (Phi) is 5.37. The lowest BCUT2D eigenvalue weighted by Crippen LogP contribution is -2.56. The van der Waals surface area contributed by atoms with Crippen LogP contribution >= 0.6 is 0 Å². The highest BCUT2D eigenvalue weighted by Crippen LogP contribution is 2.21. The summed E-state index contributed by atoms with van der Waals surface area (Å²) in [7, 11) is 1.50. The molecule has 0 bridgehead atoms. The predicted molar refractivity (Wildman–Crippen MR) is 77.2 cm³/mol. The van der Waals surface area contributed by atoms with E-state index in [1.165, 1.54) is 7.11 Å². The average Bonchev–Trinajstić information content (AvgIpc) is 2.51. The molecule has 0 heterocycles. The Labute approximate surface area is 118 Å². The maximum absolute atomic E-state index is 12.4. The van der Waals surface area contributed by atoms with Gasteiger partial charge in [0.15, 0.2) is 5.84 Å². The standard InChI is InChI=1S/C14H21N3O3/c1-4-14(5-2,13(15)17-19)16-12(18)10-8-6-7-9-11(10)20-3/h6-9,19H,4-5H2,1-3H3,(H2,15,17)(H,16,18). The van der Waals surface area contributed by atoms with Gasteiger partial charge in [0, 0.05) is 0 Å². The van der Waals surface area contributed by atoms with Crippen molar-refractivity contribution in [3.63, 3.8) is 0 Å². The first-order valence-electron chi connectivity index (χ1n) is 6.48. The lowest BCUT2D eigenvalue weighted by molar-refractivity contribution is 0.0914. The molecule has 0 aliphatic heterocycles. The number of nitrogens with one attached hydrogen (secondary N) is 1. The number of amides is 1. The van der Waals surface area contributed by atoms with Crippen LogP contribution in [0.15, 0.2) is 29.4 Å². The molecule has 0 unspecified atom stereocenters.